The highest BCUT2D eigenvalue weighted by atomic mass is 79.9. The molecule has 5 heteroatoms. The van der Waals surface area contributed by atoms with Gasteiger partial charge in [0.25, 0.3) is 0 Å². The second-order valence-corrected chi connectivity index (χ2v) is 5.78. The molecule has 0 fully saturated rings. The highest BCUT2D eigenvalue weighted by Gasteiger charge is 2.24. The molecule has 0 unspecified atom stereocenters. The van der Waals surface area contributed by atoms with Crippen molar-refractivity contribution in [2.75, 3.05) is 6.61 Å². The topological polar surface area (TPSA) is 26.3 Å². The van der Waals surface area contributed by atoms with Gasteiger partial charge in [0.2, 0.25) is 0 Å². The normalized spacial score (nSPS) is 12.9. The Bertz CT molecular complexity index is 715. The molecule has 0 bridgehead atoms. The number of ketones is 1. The molecular formula is C15H9BrClFO2. The third-order valence-corrected chi connectivity index (χ3v) is 4.08. The van der Waals surface area contributed by atoms with Gasteiger partial charge in [-0.25, -0.2) is 4.39 Å². The molecule has 0 N–H and O–H groups in total. The van der Waals surface area contributed by atoms with Crippen LogP contribution in [0.5, 0.6) is 5.75 Å². The number of hydrogen-bond acceptors (Lipinski definition) is 2. The Balaban J connectivity index is 2.14. The first-order chi connectivity index (χ1) is 9.56. The fourth-order valence-corrected chi connectivity index (χ4v) is 2.92. The van der Waals surface area contributed by atoms with Crippen molar-refractivity contribution in [3.05, 3.63) is 62.3 Å². The summed E-state index contributed by atoms with van der Waals surface area (Å²) < 4.78 is 19.4. The first-order valence-corrected chi connectivity index (χ1v) is 7.18. The van der Waals surface area contributed by atoms with Crippen LogP contribution in [0.2, 0.25) is 5.02 Å². The van der Waals surface area contributed by atoms with Crippen LogP contribution in [-0.2, 0) is 6.42 Å². The molecule has 102 valence electrons. The molecule has 0 aromatic heterocycles. The SMILES string of the molecule is O=C(c1cc(F)ccc1Br)c1cc(Cl)cc2c1OCC2. The molecule has 0 aliphatic carbocycles. The minimum atomic E-state index is -0.462. The zero-order valence-electron chi connectivity index (χ0n) is 10.3. The van der Waals surface area contributed by atoms with Gasteiger partial charge in [-0.05, 0) is 35.9 Å². The number of benzene rings is 2. The molecule has 0 atom stereocenters. The highest BCUT2D eigenvalue weighted by Crippen LogP contribution is 2.35. The van der Waals surface area contributed by atoms with Crippen molar-refractivity contribution in [1.29, 1.82) is 0 Å². The molecule has 2 aromatic rings. The lowest BCUT2D eigenvalue weighted by Crippen LogP contribution is -2.05. The highest BCUT2D eigenvalue weighted by molar-refractivity contribution is 9.10. The predicted octanol–water partition coefficient (Wildman–Crippen LogP) is 4.41. The van der Waals surface area contributed by atoms with Gasteiger partial charge in [0.1, 0.15) is 11.6 Å². The number of halogens is 3. The van der Waals surface area contributed by atoms with Gasteiger partial charge in [-0.2, -0.15) is 0 Å². The van der Waals surface area contributed by atoms with Crippen molar-refractivity contribution in [3.8, 4) is 5.75 Å². The zero-order chi connectivity index (χ0) is 14.3. The molecule has 0 amide bonds. The van der Waals surface area contributed by atoms with Gasteiger partial charge in [0.15, 0.2) is 5.78 Å². The summed E-state index contributed by atoms with van der Waals surface area (Å²) in [6, 6.07) is 7.36. The molecule has 1 heterocycles. The van der Waals surface area contributed by atoms with Crippen molar-refractivity contribution in [2.24, 2.45) is 0 Å². The number of rotatable bonds is 2. The first-order valence-electron chi connectivity index (χ1n) is 6.01. The molecule has 20 heavy (non-hydrogen) atoms. The number of fused-ring (bicyclic) bond motifs is 1. The maximum atomic E-state index is 13.3. The Morgan fingerprint density at radius 3 is 2.85 bits per heavy atom. The van der Waals surface area contributed by atoms with Gasteiger partial charge in [-0.3, -0.25) is 4.79 Å². The number of ether oxygens (including phenoxy) is 1. The molecule has 2 aromatic carbocycles. The van der Waals surface area contributed by atoms with E-state index in [1.807, 2.05) is 0 Å². The minimum absolute atomic E-state index is 0.255. The standard InChI is InChI=1S/C15H9BrClFO2/c16-13-2-1-10(18)7-11(13)14(19)12-6-9(17)5-8-3-4-20-15(8)12/h1-2,5-7H,3-4H2. The Morgan fingerprint density at radius 2 is 2.05 bits per heavy atom. The summed E-state index contributed by atoms with van der Waals surface area (Å²) in [6.07, 6.45) is 0.723. The van der Waals surface area contributed by atoms with Crippen LogP contribution in [0.1, 0.15) is 21.5 Å². The first kappa shape index (κ1) is 13.6. The van der Waals surface area contributed by atoms with E-state index in [2.05, 4.69) is 15.9 Å². The maximum Gasteiger partial charge on any atom is 0.198 e. The van der Waals surface area contributed by atoms with E-state index in [1.54, 1.807) is 12.1 Å². The Kier molecular flexibility index (Phi) is 3.52. The van der Waals surface area contributed by atoms with Gasteiger partial charge in [0, 0.05) is 21.5 Å². The van der Waals surface area contributed by atoms with Crippen molar-refractivity contribution in [3.63, 3.8) is 0 Å². The lowest BCUT2D eigenvalue weighted by Gasteiger charge is -2.09. The van der Waals surface area contributed by atoms with E-state index in [0.29, 0.717) is 27.4 Å². The fraction of sp³-hybridized carbons (Fsp3) is 0.133. The van der Waals surface area contributed by atoms with Crippen LogP contribution < -0.4 is 4.74 Å². The summed E-state index contributed by atoms with van der Waals surface area (Å²) in [6.45, 7) is 0.528. The van der Waals surface area contributed by atoms with E-state index in [1.165, 1.54) is 18.2 Å². The van der Waals surface area contributed by atoms with Gasteiger partial charge in [0.05, 0.1) is 12.2 Å². The quantitative estimate of drug-likeness (QED) is 0.746. The van der Waals surface area contributed by atoms with Crippen LogP contribution in [-0.4, -0.2) is 12.4 Å². The average Bonchev–Trinajstić information content (AvgIpc) is 2.87. The minimum Gasteiger partial charge on any atom is -0.492 e. The monoisotopic (exact) mass is 354 g/mol. The zero-order valence-corrected chi connectivity index (χ0v) is 12.6. The second-order valence-electron chi connectivity index (χ2n) is 4.49. The van der Waals surface area contributed by atoms with Crippen LogP contribution in [0.15, 0.2) is 34.8 Å². The molecule has 0 spiro atoms. The maximum absolute atomic E-state index is 13.3. The smallest absolute Gasteiger partial charge is 0.198 e. The molecule has 0 saturated heterocycles. The number of hydrogen-bond donors (Lipinski definition) is 0. The molecule has 1 aliphatic rings. The van der Waals surface area contributed by atoms with Crippen LogP contribution in [0.4, 0.5) is 4.39 Å². The van der Waals surface area contributed by atoms with Gasteiger partial charge < -0.3 is 4.74 Å². The summed E-state index contributed by atoms with van der Waals surface area (Å²) in [5.74, 6) is -0.219. The Labute approximate surface area is 128 Å². The Morgan fingerprint density at radius 1 is 1.25 bits per heavy atom. The molecular weight excluding hydrogens is 347 g/mol. The summed E-state index contributed by atoms with van der Waals surface area (Å²) in [4.78, 5) is 12.6. The summed E-state index contributed by atoms with van der Waals surface area (Å²) in [7, 11) is 0. The van der Waals surface area contributed by atoms with E-state index < -0.39 is 5.82 Å². The van der Waals surface area contributed by atoms with Crippen molar-refractivity contribution in [1.82, 2.24) is 0 Å². The van der Waals surface area contributed by atoms with Gasteiger partial charge >= 0.3 is 0 Å². The van der Waals surface area contributed by atoms with E-state index >= 15 is 0 Å². The second kappa shape index (κ2) is 5.19. The largest absolute Gasteiger partial charge is 0.492 e. The molecule has 2 nitrogen and oxygen atoms in total. The van der Waals surface area contributed by atoms with Gasteiger partial charge in [-0.1, -0.05) is 27.5 Å². The van der Waals surface area contributed by atoms with E-state index in [4.69, 9.17) is 16.3 Å². The third kappa shape index (κ3) is 2.34. The molecule has 3 rings (SSSR count). The lowest BCUT2D eigenvalue weighted by atomic mass is 9.99. The van der Waals surface area contributed by atoms with E-state index in [0.717, 1.165) is 12.0 Å². The molecule has 0 radical (unpaired) electrons. The van der Waals surface area contributed by atoms with Crippen molar-refractivity contribution >= 4 is 33.3 Å². The number of carbonyl (C=O) groups is 1. The van der Waals surface area contributed by atoms with Crippen LogP contribution in [0, 0.1) is 5.82 Å². The number of carbonyl (C=O) groups excluding carboxylic acids is 1. The lowest BCUT2D eigenvalue weighted by molar-refractivity contribution is 0.103. The van der Waals surface area contributed by atoms with Crippen molar-refractivity contribution < 1.29 is 13.9 Å². The summed E-state index contributed by atoms with van der Waals surface area (Å²) in [5, 5.41) is 0.477. The summed E-state index contributed by atoms with van der Waals surface area (Å²) in [5.41, 5.74) is 1.54. The van der Waals surface area contributed by atoms with E-state index in [9.17, 15) is 9.18 Å². The molecule has 1 aliphatic heterocycles. The average molecular weight is 356 g/mol. The summed E-state index contributed by atoms with van der Waals surface area (Å²) >= 11 is 9.30. The van der Waals surface area contributed by atoms with Crippen LogP contribution in [0.3, 0.4) is 0 Å². The van der Waals surface area contributed by atoms with Crippen LogP contribution in [0.25, 0.3) is 0 Å². The Hall–Kier alpha value is -1.39. The van der Waals surface area contributed by atoms with E-state index in [-0.39, 0.29) is 11.3 Å². The third-order valence-electron chi connectivity index (χ3n) is 3.17. The van der Waals surface area contributed by atoms with Crippen molar-refractivity contribution in [2.45, 2.75) is 6.42 Å². The van der Waals surface area contributed by atoms with Gasteiger partial charge in [-0.15, -0.1) is 0 Å². The van der Waals surface area contributed by atoms with Crippen LogP contribution >= 0.6 is 27.5 Å². The molecule has 0 saturated carbocycles. The predicted molar refractivity (Wildman–Crippen MR) is 78.2 cm³/mol. The fourth-order valence-electron chi connectivity index (χ4n) is 2.25.